The van der Waals surface area contributed by atoms with Crippen LogP contribution in [0.1, 0.15) is 32.6 Å². The van der Waals surface area contributed by atoms with E-state index in [2.05, 4.69) is 5.32 Å². The van der Waals surface area contributed by atoms with Gasteiger partial charge in [0.1, 0.15) is 6.04 Å². The van der Waals surface area contributed by atoms with Crippen LogP contribution < -0.4 is 5.32 Å². The maximum atomic E-state index is 12.8. The number of fused-ring (bicyclic) bond motifs is 1. The first kappa shape index (κ1) is 16.6. The lowest BCUT2D eigenvalue weighted by atomic mass is 10.0. The van der Waals surface area contributed by atoms with Gasteiger partial charge in [0.05, 0.1) is 0 Å². The standard InChI is InChI=1S/C15H25N3O2.ClH/c1-2-14(19)18-6-4-3-5-13(18)15(20)17-9-11-7-16-8-12(11)10-17;/h11-13,16H,2-10H2,1H3;1H/t11-,12+,13?;. The number of nitrogens with one attached hydrogen (secondary N) is 1. The van der Waals surface area contributed by atoms with Gasteiger partial charge in [-0.3, -0.25) is 9.59 Å². The predicted octanol–water partition coefficient (Wildman–Crippen LogP) is 0.877. The molecule has 1 unspecified atom stereocenters. The molecular formula is C15H26ClN3O2. The molecule has 2 amide bonds. The zero-order valence-electron chi connectivity index (χ0n) is 12.7. The summed E-state index contributed by atoms with van der Waals surface area (Å²) < 4.78 is 0. The first-order valence-electron chi connectivity index (χ1n) is 7.99. The number of hydrogen-bond acceptors (Lipinski definition) is 3. The number of carbonyl (C=O) groups excluding carboxylic acids is 2. The Kier molecular flexibility index (Phi) is 5.49. The van der Waals surface area contributed by atoms with Gasteiger partial charge < -0.3 is 15.1 Å². The van der Waals surface area contributed by atoms with Gasteiger partial charge in [-0.15, -0.1) is 12.4 Å². The molecule has 3 saturated heterocycles. The van der Waals surface area contributed by atoms with E-state index in [0.29, 0.717) is 18.3 Å². The first-order valence-corrected chi connectivity index (χ1v) is 7.99. The second-order valence-corrected chi connectivity index (χ2v) is 6.37. The molecule has 6 heteroatoms. The van der Waals surface area contributed by atoms with Gasteiger partial charge >= 0.3 is 0 Å². The highest BCUT2D eigenvalue weighted by Gasteiger charge is 2.42. The third-order valence-corrected chi connectivity index (χ3v) is 5.11. The zero-order chi connectivity index (χ0) is 14.1. The Hall–Kier alpha value is -0.810. The second-order valence-electron chi connectivity index (χ2n) is 6.37. The number of amides is 2. The van der Waals surface area contributed by atoms with E-state index in [1.165, 1.54) is 0 Å². The molecule has 0 aromatic heterocycles. The van der Waals surface area contributed by atoms with Gasteiger partial charge in [0, 0.05) is 39.1 Å². The highest BCUT2D eigenvalue weighted by molar-refractivity contribution is 5.88. The third-order valence-electron chi connectivity index (χ3n) is 5.11. The van der Waals surface area contributed by atoms with Gasteiger partial charge in [0.25, 0.3) is 0 Å². The lowest BCUT2D eigenvalue weighted by molar-refractivity contribution is -0.147. The number of likely N-dealkylation sites (tertiary alicyclic amines) is 2. The van der Waals surface area contributed by atoms with E-state index in [-0.39, 0.29) is 30.3 Å². The molecule has 5 nitrogen and oxygen atoms in total. The average Bonchev–Trinajstić information content (AvgIpc) is 3.07. The summed E-state index contributed by atoms with van der Waals surface area (Å²) in [4.78, 5) is 28.7. The molecule has 120 valence electrons. The van der Waals surface area contributed by atoms with E-state index in [1.807, 2.05) is 16.7 Å². The van der Waals surface area contributed by atoms with Crippen LogP contribution in [0.25, 0.3) is 0 Å². The van der Waals surface area contributed by atoms with Crippen LogP contribution in [-0.2, 0) is 9.59 Å². The molecule has 0 spiro atoms. The fourth-order valence-electron chi connectivity index (χ4n) is 3.94. The van der Waals surface area contributed by atoms with Crippen molar-refractivity contribution in [1.82, 2.24) is 15.1 Å². The molecule has 0 aromatic rings. The summed E-state index contributed by atoms with van der Waals surface area (Å²) in [6, 6.07) is -0.192. The SMILES string of the molecule is CCC(=O)N1CCCCC1C(=O)N1C[C@H]2CNC[C@H]2C1.Cl. The van der Waals surface area contributed by atoms with E-state index >= 15 is 0 Å². The summed E-state index contributed by atoms with van der Waals surface area (Å²) in [6.45, 7) is 6.46. The highest BCUT2D eigenvalue weighted by Crippen LogP contribution is 2.29. The fraction of sp³-hybridized carbons (Fsp3) is 0.867. The van der Waals surface area contributed by atoms with E-state index in [4.69, 9.17) is 0 Å². The second kappa shape index (κ2) is 6.97. The summed E-state index contributed by atoms with van der Waals surface area (Å²) in [7, 11) is 0. The number of halogens is 1. The molecule has 0 saturated carbocycles. The van der Waals surface area contributed by atoms with Crippen LogP contribution in [0.5, 0.6) is 0 Å². The minimum absolute atomic E-state index is 0. The lowest BCUT2D eigenvalue weighted by Crippen LogP contribution is -2.52. The summed E-state index contributed by atoms with van der Waals surface area (Å²) in [5.74, 6) is 1.57. The third kappa shape index (κ3) is 3.19. The largest absolute Gasteiger partial charge is 0.340 e. The Morgan fingerprint density at radius 3 is 2.43 bits per heavy atom. The lowest BCUT2D eigenvalue weighted by Gasteiger charge is -2.37. The van der Waals surface area contributed by atoms with Crippen LogP contribution in [0.15, 0.2) is 0 Å². The van der Waals surface area contributed by atoms with Crippen molar-refractivity contribution < 1.29 is 9.59 Å². The predicted molar refractivity (Wildman–Crippen MR) is 83.3 cm³/mol. The van der Waals surface area contributed by atoms with Crippen LogP contribution in [0.3, 0.4) is 0 Å². The summed E-state index contributed by atoms with van der Waals surface area (Å²) in [5, 5.41) is 3.40. The molecule has 3 heterocycles. The Morgan fingerprint density at radius 2 is 1.81 bits per heavy atom. The summed E-state index contributed by atoms with van der Waals surface area (Å²) in [5.41, 5.74) is 0. The molecule has 3 aliphatic heterocycles. The summed E-state index contributed by atoms with van der Waals surface area (Å²) in [6.07, 6.45) is 3.43. The Labute approximate surface area is 132 Å². The number of piperidine rings is 1. The molecule has 3 rings (SSSR count). The molecule has 21 heavy (non-hydrogen) atoms. The van der Waals surface area contributed by atoms with Crippen molar-refractivity contribution in [1.29, 1.82) is 0 Å². The minimum Gasteiger partial charge on any atom is -0.340 e. The van der Waals surface area contributed by atoms with E-state index < -0.39 is 0 Å². The van der Waals surface area contributed by atoms with Crippen molar-refractivity contribution in [3.05, 3.63) is 0 Å². The maximum absolute atomic E-state index is 12.8. The molecule has 0 aliphatic carbocycles. The minimum atomic E-state index is -0.192. The first-order chi connectivity index (χ1) is 9.70. The molecule has 1 N–H and O–H groups in total. The molecule has 3 aliphatic rings. The van der Waals surface area contributed by atoms with Crippen LogP contribution in [-0.4, -0.2) is 60.4 Å². The number of rotatable bonds is 2. The molecule has 3 fully saturated rings. The van der Waals surface area contributed by atoms with Crippen molar-refractivity contribution in [2.45, 2.75) is 38.6 Å². The van der Waals surface area contributed by atoms with Crippen LogP contribution >= 0.6 is 12.4 Å². The molecule has 3 atom stereocenters. The van der Waals surface area contributed by atoms with Gasteiger partial charge in [0.2, 0.25) is 11.8 Å². The van der Waals surface area contributed by atoms with Crippen LogP contribution in [0.2, 0.25) is 0 Å². The smallest absolute Gasteiger partial charge is 0.245 e. The van der Waals surface area contributed by atoms with Crippen molar-refractivity contribution in [2.24, 2.45) is 11.8 Å². The molecule has 0 aromatic carbocycles. The topological polar surface area (TPSA) is 52.7 Å². The van der Waals surface area contributed by atoms with Crippen molar-refractivity contribution >= 4 is 24.2 Å². The van der Waals surface area contributed by atoms with Gasteiger partial charge in [-0.05, 0) is 31.1 Å². The Balaban J connectivity index is 0.00000161. The zero-order valence-corrected chi connectivity index (χ0v) is 13.5. The Bertz CT molecular complexity index is 392. The van der Waals surface area contributed by atoms with E-state index in [1.54, 1.807) is 0 Å². The Morgan fingerprint density at radius 1 is 1.14 bits per heavy atom. The van der Waals surface area contributed by atoms with Gasteiger partial charge in [-0.1, -0.05) is 6.92 Å². The number of carbonyl (C=O) groups is 2. The van der Waals surface area contributed by atoms with Gasteiger partial charge in [-0.25, -0.2) is 0 Å². The number of hydrogen-bond donors (Lipinski definition) is 1. The van der Waals surface area contributed by atoms with Crippen molar-refractivity contribution in [2.75, 3.05) is 32.7 Å². The van der Waals surface area contributed by atoms with Gasteiger partial charge in [0.15, 0.2) is 0 Å². The average molecular weight is 316 g/mol. The fourth-order valence-corrected chi connectivity index (χ4v) is 3.94. The van der Waals surface area contributed by atoms with Crippen molar-refractivity contribution in [3.8, 4) is 0 Å². The molecular weight excluding hydrogens is 290 g/mol. The van der Waals surface area contributed by atoms with Gasteiger partial charge in [-0.2, -0.15) is 0 Å². The van der Waals surface area contributed by atoms with E-state index in [0.717, 1.165) is 52.0 Å². The highest BCUT2D eigenvalue weighted by atomic mass is 35.5. The quantitative estimate of drug-likeness (QED) is 0.823. The normalized spacial score (nSPS) is 31.8. The molecule has 0 radical (unpaired) electrons. The van der Waals surface area contributed by atoms with Crippen molar-refractivity contribution in [3.63, 3.8) is 0 Å². The van der Waals surface area contributed by atoms with Crippen LogP contribution in [0.4, 0.5) is 0 Å². The monoisotopic (exact) mass is 315 g/mol. The number of nitrogens with zero attached hydrogens (tertiary/aromatic N) is 2. The van der Waals surface area contributed by atoms with Crippen LogP contribution in [0, 0.1) is 11.8 Å². The maximum Gasteiger partial charge on any atom is 0.245 e. The molecule has 0 bridgehead atoms. The summed E-state index contributed by atoms with van der Waals surface area (Å²) >= 11 is 0. The van der Waals surface area contributed by atoms with E-state index in [9.17, 15) is 9.59 Å².